The van der Waals surface area contributed by atoms with Crippen LogP contribution in [0.25, 0.3) is 16.9 Å². The first-order valence-corrected chi connectivity index (χ1v) is 8.25. The number of amides is 1. The van der Waals surface area contributed by atoms with Gasteiger partial charge >= 0.3 is 0 Å². The van der Waals surface area contributed by atoms with Crippen molar-refractivity contribution in [2.24, 2.45) is 5.10 Å². The Bertz CT molecular complexity index is 981. The minimum Gasteiger partial charge on any atom is -1.00 e. The molecule has 0 aliphatic rings. The second-order valence-corrected chi connectivity index (χ2v) is 5.99. The Labute approximate surface area is 163 Å². The summed E-state index contributed by atoms with van der Waals surface area (Å²) in [6.07, 6.45) is 0. The molecular formula is C17H14BrN4O3S-. The van der Waals surface area contributed by atoms with Crippen molar-refractivity contribution in [1.29, 1.82) is 0 Å². The maximum absolute atomic E-state index is 11.2. The lowest BCUT2D eigenvalue weighted by molar-refractivity contribution is -0.384. The Hall–Kier alpha value is -2.78. The first-order chi connectivity index (χ1) is 12.1. The third-order valence-electron chi connectivity index (χ3n) is 3.41. The van der Waals surface area contributed by atoms with E-state index >= 15 is 0 Å². The molecule has 0 saturated carbocycles. The highest BCUT2D eigenvalue weighted by atomic mass is 79.9. The normalized spacial score (nSPS) is 10.9. The van der Waals surface area contributed by atoms with Crippen LogP contribution in [-0.2, 0) is 4.79 Å². The van der Waals surface area contributed by atoms with Crippen LogP contribution in [0.2, 0.25) is 0 Å². The molecule has 0 aliphatic carbocycles. The molecule has 3 rings (SSSR count). The number of hydrogen-bond donors (Lipinski definition) is 1. The van der Waals surface area contributed by atoms with Gasteiger partial charge in [-0.15, -0.1) is 16.4 Å². The molecule has 7 nitrogen and oxygen atoms in total. The minimum absolute atomic E-state index is 0. The van der Waals surface area contributed by atoms with Gasteiger partial charge in [0.15, 0.2) is 0 Å². The Kier molecular flexibility index (Phi) is 6.42. The SMILES string of the molecule is CC(=O)N/N=c1/scc(-c2ccc([N+](=O)[O-])cc2)n1-c1ccccc1.[Br-]. The molecule has 0 bridgehead atoms. The summed E-state index contributed by atoms with van der Waals surface area (Å²) >= 11 is 1.37. The van der Waals surface area contributed by atoms with E-state index in [1.54, 1.807) is 12.1 Å². The molecule has 1 heterocycles. The summed E-state index contributed by atoms with van der Waals surface area (Å²) in [5, 5.41) is 16.9. The van der Waals surface area contributed by atoms with Crippen molar-refractivity contribution in [3.05, 3.63) is 74.9 Å². The maximum atomic E-state index is 11.2. The Morgan fingerprint density at radius 2 is 1.81 bits per heavy atom. The van der Waals surface area contributed by atoms with Gasteiger partial charge in [0, 0.05) is 30.1 Å². The number of aromatic nitrogens is 1. The van der Waals surface area contributed by atoms with Gasteiger partial charge < -0.3 is 17.0 Å². The van der Waals surface area contributed by atoms with E-state index in [-0.39, 0.29) is 28.6 Å². The van der Waals surface area contributed by atoms with Gasteiger partial charge in [0.05, 0.1) is 10.6 Å². The van der Waals surface area contributed by atoms with Crippen LogP contribution in [0.3, 0.4) is 0 Å². The fourth-order valence-corrected chi connectivity index (χ4v) is 3.16. The molecule has 26 heavy (non-hydrogen) atoms. The Morgan fingerprint density at radius 1 is 1.15 bits per heavy atom. The quantitative estimate of drug-likeness (QED) is 0.466. The van der Waals surface area contributed by atoms with Crippen LogP contribution in [0.5, 0.6) is 0 Å². The van der Waals surface area contributed by atoms with E-state index in [1.807, 2.05) is 40.3 Å². The van der Waals surface area contributed by atoms with E-state index in [0.717, 1.165) is 16.9 Å². The molecule has 0 saturated heterocycles. The topological polar surface area (TPSA) is 89.5 Å². The largest absolute Gasteiger partial charge is 1.00 e. The highest BCUT2D eigenvalue weighted by molar-refractivity contribution is 7.07. The van der Waals surface area contributed by atoms with E-state index in [9.17, 15) is 14.9 Å². The zero-order valence-electron chi connectivity index (χ0n) is 13.6. The van der Waals surface area contributed by atoms with E-state index < -0.39 is 4.92 Å². The number of non-ortho nitro benzene ring substituents is 1. The van der Waals surface area contributed by atoms with Crippen LogP contribution in [0.15, 0.2) is 65.1 Å². The lowest BCUT2D eigenvalue weighted by Crippen LogP contribution is -3.00. The molecule has 0 atom stereocenters. The van der Waals surface area contributed by atoms with Crippen molar-refractivity contribution in [1.82, 2.24) is 9.99 Å². The summed E-state index contributed by atoms with van der Waals surface area (Å²) in [6.45, 7) is 1.39. The lowest BCUT2D eigenvalue weighted by atomic mass is 10.1. The Morgan fingerprint density at radius 3 is 2.38 bits per heavy atom. The van der Waals surface area contributed by atoms with Crippen molar-refractivity contribution < 1.29 is 26.7 Å². The summed E-state index contributed by atoms with van der Waals surface area (Å²) in [7, 11) is 0. The predicted octanol–water partition coefficient (Wildman–Crippen LogP) is 0.0698. The molecule has 134 valence electrons. The first-order valence-electron chi connectivity index (χ1n) is 7.37. The van der Waals surface area contributed by atoms with Crippen LogP contribution < -0.4 is 27.2 Å². The van der Waals surface area contributed by atoms with E-state index in [4.69, 9.17) is 0 Å². The van der Waals surface area contributed by atoms with Crippen LogP contribution in [0, 0.1) is 10.1 Å². The van der Waals surface area contributed by atoms with Crippen LogP contribution >= 0.6 is 11.3 Å². The second kappa shape index (κ2) is 8.54. The van der Waals surface area contributed by atoms with Crippen molar-refractivity contribution in [2.75, 3.05) is 0 Å². The van der Waals surface area contributed by atoms with Gasteiger partial charge in [0.1, 0.15) is 0 Å². The molecule has 0 spiro atoms. The summed E-state index contributed by atoms with van der Waals surface area (Å²) in [4.78, 5) is 22.2. The van der Waals surface area contributed by atoms with E-state index in [1.165, 1.54) is 30.4 Å². The predicted molar refractivity (Wildman–Crippen MR) is 95.1 cm³/mol. The second-order valence-electron chi connectivity index (χ2n) is 5.16. The molecule has 9 heteroatoms. The number of hydrogen-bond acceptors (Lipinski definition) is 5. The third kappa shape index (κ3) is 4.24. The molecular weight excluding hydrogens is 420 g/mol. The van der Waals surface area contributed by atoms with Gasteiger partial charge in [-0.25, -0.2) is 5.43 Å². The monoisotopic (exact) mass is 433 g/mol. The average Bonchev–Trinajstić information content (AvgIpc) is 3.04. The summed E-state index contributed by atoms with van der Waals surface area (Å²) in [6, 6.07) is 15.9. The summed E-state index contributed by atoms with van der Waals surface area (Å²) in [5.41, 5.74) is 5.00. The average molecular weight is 434 g/mol. The van der Waals surface area contributed by atoms with Gasteiger partial charge in [-0.05, 0) is 29.8 Å². The number of nitrogens with one attached hydrogen (secondary N) is 1. The molecule has 3 aromatic rings. The number of halogens is 1. The number of para-hydroxylation sites is 1. The lowest BCUT2D eigenvalue weighted by Gasteiger charge is -2.09. The van der Waals surface area contributed by atoms with E-state index in [2.05, 4.69) is 10.5 Å². The number of carbonyl (C=O) groups excluding carboxylic acids is 1. The first kappa shape index (κ1) is 19.5. The van der Waals surface area contributed by atoms with Crippen LogP contribution in [0.1, 0.15) is 6.92 Å². The minimum atomic E-state index is -0.430. The number of carbonyl (C=O) groups is 1. The molecule has 1 amide bonds. The number of thiazole rings is 1. The Balaban J connectivity index is 0.00000243. The summed E-state index contributed by atoms with van der Waals surface area (Å²) in [5.74, 6) is -0.259. The molecule has 2 aromatic carbocycles. The van der Waals surface area contributed by atoms with Gasteiger partial charge in [0.2, 0.25) is 10.7 Å². The van der Waals surface area contributed by atoms with Gasteiger partial charge in [0.25, 0.3) is 5.69 Å². The van der Waals surface area contributed by atoms with Crippen molar-refractivity contribution in [3.8, 4) is 16.9 Å². The molecule has 0 radical (unpaired) electrons. The highest BCUT2D eigenvalue weighted by Gasteiger charge is 2.12. The third-order valence-corrected chi connectivity index (χ3v) is 4.23. The molecule has 0 unspecified atom stereocenters. The van der Waals surface area contributed by atoms with Crippen molar-refractivity contribution in [3.63, 3.8) is 0 Å². The number of nitro benzene ring substituents is 1. The zero-order chi connectivity index (χ0) is 17.8. The smallest absolute Gasteiger partial charge is 0.269 e. The fourth-order valence-electron chi connectivity index (χ4n) is 2.30. The number of nitrogens with zero attached hydrogens (tertiary/aromatic N) is 3. The maximum Gasteiger partial charge on any atom is 0.269 e. The fraction of sp³-hybridized carbons (Fsp3) is 0.0588. The number of nitro groups is 1. The summed E-state index contributed by atoms with van der Waals surface area (Å²) < 4.78 is 1.89. The standard InChI is InChI=1S/C17H14N4O3S.BrH/c1-12(22)18-19-17-20(14-5-3-2-4-6-14)16(11-25-17)13-7-9-15(10-8-13)21(23)24;/h2-11H,1H3,(H,18,22);1H/p-1/b19-17+;. The number of benzene rings is 2. The number of rotatable bonds is 4. The molecule has 1 aromatic heterocycles. The van der Waals surface area contributed by atoms with Gasteiger partial charge in [-0.3, -0.25) is 19.5 Å². The van der Waals surface area contributed by atoms with Crippen molar-refractivity contribution in [2.45, 2.75) is 6.92 Å². The van der Waals surface area contributed by atoms with Gasteiger partial charge in [-0.2, -0.15) is 0 Å². The van der Waals surface area contributed by atoms with Gasteiger partial charge in [-0.1, -0.05) is 18.2 Å². The van der Waals surface area contributed by atoms with E-state index in [0.29, 0.717) is 4.80 Å². The van der Waals surface area contributed by atoms with Crippen LogP contribution in [-0.4, -0.2) is 15.4 Å². The zero-order valence-corrected chi connectivity index (χ0v) is 16.0. The molecule has 1 N–H and O–H groups in total. The highest BCUT2D eigenvalue weighted by Crippen LogP contribution is 2.25. The van der Waals surface area contributed by atoms with Crippen LogP contribution in [0.4, 0.5) is 5.69 Å². The molecule has 0 fully saturated rings. The van der Waals surface area contributed by atoms with Crippen molar-refractivity contribution >= 4 is 22.9 Å². The molecule has 0 aliphatic heterocycles.